The Kier molecular flexibility index (Phi) is 6.88. The average molecular weight is 316 g/mol. The van der Waals surface area contributed by atoms with Crippen molar-refractivity contribution in [1.29, 1.82) is 0 Å². The van der Waals surface area contributed by atoms with E-state index in [1.165, 1.54) is 19.2 Å². The van der Waals surface area contributed by atoms with Gasteiger partial charge in [-0.25, -0.2) is 0 Å². The lowest BCUT2D eigenvalue weighted by Gasteiger charge is -2.19. The van der Waals surface area contributed by atoms with Gasteiger partial charge in [0.25, 0.3) is 0 Å². The first kappa shape index (κ1) is 18.0. The number of halogens is 2. The molecule has 1 aromatic carbocycles. The standard InChI is InChI=1S/C15H22F2N2O3/c1-5-9(2)18-14(20)10(3)19-11-6-7-12(21-4)13(8-11)22-15(16)17/h6-10,15,19H,5H2,1-4H3,(H,18,20). The molecule has 1 aromatic rings. The van der Waals surface area contributed by atoms with E-state index in [2.05, 4.69) is 15.4 Å². The largest absolute Gasteiger partial charge is 0.493 e. The monoisotopic (exact) mass is 316 g/mol. The van der Waals surface area contributed by atoms with Crippen LogP contribution in [-0.4, -0.2) is 31.7 Å². The number of amides is 1. The van der Waals surface area contributed by atoms with E-state index in [4.69, 9.17) is 4.74 Å². The number of hydrogen-bond acceptors (Lipinski definition) is 4. The molecule has 2 unspecified atom stereocenters. The number of nitrogens with one attached hydrogen (secondary N) is 2. The lowest BCUT2D eigenvalue weighted by Crippen LogP contribution is -2.41. The third-order valence-corrected chi connectivity index (χ3v) is 3.16. The third kappa shape index (κ3) is 5.38. The van der Waals surface area contributed by atoms with Crippen molar-refractivity contribution >= 4 is 11.6 Å². The highest BCUT2D eigenvalue weighted by Gasteiger charge is 2.16. The molecule has 0 fully saturated rings. The molecule has 2 N–H and O–H groups in total. The maximum Gasteiger partial charge on any atom is 0.387 e. The van der Waals surface area contributed by atoms with Crippen LogP contribution < -0.4 is 20.1 Å². The quantitative estimate of drug-likeness (QED) is 0.774. The van der Waals surface area contributed by atoms with Gasteiger partial charge in [0.2, 0.25) is 5.91 Å². The second kappa shape index (κ2) is 8.41. The fraction of sp³-hybridized carbons (Fsp3) is 0.533. The molecule has 0 aromatic heterocycles. The maximum atomic E-state index is 12.4. The topological polar surface area (TPSA) is 59.6 Å². The molecule has 5 nitrogen and oxygen atoms in total. The molecule has 2 atom stereocenters. The van der Waals surface area contributed by atoms with Gasteiger partial charge in [-0.05, 0) is 32.4 Å². The summed E-state index contributed by atoms with van der Waals surface area (Å²) in [6.07, 6.45) is 0.827. The van der Waals surface area contributed by atoms with Crippen LogP contribution in [0.15, 0.2) is 18.2 Å². The molecule has 0 spiro atoms. The summed E-state index contributed by atoms with van der Waals surface area (Å²) in [5.41, 5.74) is 0.489. The predicted octanol–water partition coefficient (Wildman–Crippen LogP) is 3.01. The summed E-state index contributed by atoms with van der Waals surface area (Å²) in [5.74, 6) is -0.0545. The highest BCUT2D eigenvalue weighted by atomic mass is 19.3. The van der Waals surface area contributed by atoms with E-state index in [1.54, 1.807) is 13.0 Å². The minimum absolute atomic E-state index is 0.0744. The maximum absolute atomic E-state index is 12.4. The molecule has 1 rings (SSSR count). The molecule has 0 saturated carbocycles. The van der Waals surface area contributed by atoms with Gasteiger partial charge in [0.1, 0.15) is 6.04 Å². The van der Waals surface area contributed by atoms with Crippen LogP contribution in [0.25, 0.3) is 0 Å². The number of anilines is 1. The van der Waals surface area contributed by atoms with E-state index >= 15 is 0 Å². The van der Waals surface area contributed by atoms with Crippen molar-refractivity contribution in [3.05, 3.63) is 18.2 Å². The molecule has 0 saturated heterocycles. The van der Waals surface area contributed by atoms with E-state index in [0.717, 1.165) is 6.42 Å². The van der Waals surface area contributed by atoms with E-state index < -0.39 is 12.7 Å². The summed E-state index contributed by atoms with van der Waals surface area (Å²) < 4.78 is 34.1. The Morgan fingerprint density at radius 3 is 2.50 bits per heavy atom. The predicted molar refractivity (Wildman–Crippen MR) is 80.6 cm³/mol. The molecule has 1 amide bonds. The summed E-state index contributed by atoms with van der Waals surface area (Å²) in [6, 6.07) is 4.06. The first-order valence-corrected chi connectivity index (χ1v) is 7.07. The fourth-order valence-electron chi connectivity index (χ4n) is 1.74. The van der Waals surface area contributed by atoms with Crippen LogP contribution in [-0.2, 0) is 4.79 Å². The number of alkyl halides is 2. The van der Waals surface area contributed by atoms with E-state index in [0.29, 0.717) is 5.69 Å². The van der Waals surface area contributed by atoms with Gasteiger partial charge in [-0.15, -0.1) is 0 Å². The van der Waals surface area contributed by atoms with Crippen molar-refractivity contribution in [3.63, 3.8) is 0 Å². The van der Waals surface area contributed by atoms with Crippen molar-refractivity contribution in [1.82, 2.24) is 5.32 Å². The highest BCUT2D eigenvalue weighted by Crippen LogP contribution is 2.31. The van der Waals surface area contributed by atoms with Gasteiger partial charge in [0.05, 0.1) is 7.11 Å². The average Bonchev–Trinajstić information content (AvgIpc) is 2.46. The van der Waals surface area contributed by atoms with Crippen molar-refractivity contribution in [2.24, 2.45) is 0 Å². The van der Waals surface area contributed by atoms with Crippen molar-refractivity contribution in [3.8, 4) is 11.5 Å². The molecule has 7 heteroatoms. The molecule has 0 bridgehead atoms. The molecule has 0 heterocycles. The minimum atomic E-state index is -2.95. The first-order valence-electron chi connectivity index (χ1n) is 7.07. The van der Waals surface area contributed by atoms with Crippen molar-refractivity contribution in [2.75, 3.05) is 12.4 Å². The summed E-state index contributed by atoms with van der Waals surface area (Å²) in [5, 5.41) is 5.79. The zero-order chi connectivity index (χ0) is 16.7. The number of hydrogen-bond donors (Lipinski definition) is 2. The fourth-order valence-corrected chi connectivity index (χ4v) is 1.74. The van der Waals surface area contributed by atoms with Gasteiger partial charge in [0, 0.05) is 17.8 Å². The highest BCUT2D eigenvalue weighted by molar-refractivity contribution is 5.84. The molecule has 0 radical (unpaired) electrons. The number of benzene rings is 1. The van der Waals surface area contributed by atoms with Crippen LogP contribution in [0.3, 0.4) is 0 Å². The second-order valence-electron chi connectivity index (χ2n) is 4.93. The zero-order valence-corrected chi connectivity index (χ0v) is 13.2. The molecular weight excluding hydrogens is 294 g/mol. The molecule has 0 aliphatic heterocycles. The number of carbonyl (C=O) groups is 1. The van der Waals surface area contributed by atoms with Gasteiger partial charge < -0.3 is 20.1 Å². The first-order chi connectivity index (χ1) is 10.4. The van der Waals surface area contributed by atoms with E-state index in [-0.39, 0.29) is 23.4 Å². The Morgan fingerprint density at radius 1 is 1.27 bits per heavy atom. The van der Waals surface area contributed by atoms with Crippen molar-refractivity contribution in [2.45, 2.75) is 45.9 Å². The Hall–Kier alpha value is -2.05. The summed E-state index contributed by atoms with van der Waals surface area (Å²) >= 11 is 0. The van der Waals surface area contributed by atoms with Gasteiger partial charge in [-0.2, -0.15) is 8.78 Å². The third-order valence-electron chi connectivity index (χ3n) is 3.16. The van der Waals surface area contributed by atoms with Gasteiger partial charge in [-0.1, -0.05) is 6.92 Å². The summed E-state index contributed by atoms with van der Waals surface area (Å²) in [4.78, 5) is 12.0. The van der Waals surface area contributed by atoms with E-state index in [1.807, 2.05) is 13.8 Å². The van der Waals surface area contributed by atoms with Gasteiger partial charge in [-0.3, -0.25) is 4.79 Å². The zero-order valence-electron chi connectivity index (χ0n) is 13.2. The smallest absolute Gasteiger partial charge is 0.387 e. The van der Waals surface area contributed by atoms with Crippen LogP contribution >= 0.6 is 0 Å². The Labute approximate surface area is 129 Å². The van der Waals surface area contributed by atoms with Crippen molar-refractivity contribution < 1.29 is 23.0 Å². The molecule has 0 aliphatic carbocycles. The lowest BCUT2D eigenvalue weighted by molar-refractivity contribution is -0.122. The number of rotatable bonds is 8. The minimum Gasteiger partial charge on any atom is -0.493 e. The number of carbonyl (C=O) groups excluding carboxylic acids is 1. The molecule has 22 heavy (non-hydrogen) atoms. The summed E-state index contributed by atoms with van der Waals surface area (Å²) in [7, 11) is 1.36. The molecule has 0 aliphatic rings. The Bertz CT molecular complexity index is 498. The lowest BCUT2D eigenvalue weighted by atomic mass is 10.2. The Morgan fingerprint density at radius 2 is 1.95 bits per heavy atom. The van der Waals surface area contributed by atoms with Crippen LogP contribution in [0, 0.1) is 0 Å². The van der Waals surface area contributed by atoms with Gasteiger partial charge in [0.15, 0.2) is 11.5 Å². The van der Waals surface area contributed by atoms with Crippen LogP contribution in [0.2, 0.25) is 0 Å². The SMILES string of the molecule is CCC(C)NC(=O)C(C)Nc1ccc(OC)c(OC(F)F)c1. The van der Waals surface area contributed by atoms with Crippen LogP contribution in [0.5, 0.6) is 11.5 Å². The number of methoxy groups -OCH3 is 1. The second-order valence-corrected chi connectivity index (χ2v) is 4.93. The Balaban J connectivity index is 2.78. The summed E-state index contributed by atoms with van der Waals surface area (Å²) in [6.45, 7) is 2.62. The normalized spacial score (nSPS) is 13.4. The molecular formula is C15H22F2N2O3. The van der Waals surface area contributed by atoms with Crippen LogP contribution in [0.1, 0.15) is 27.2 Å². The van der Waals surface area contributed by atoms with Crippen LogP contribution in [0.4, 0.5) is 14.5 Å². The van der Waals surface area contributed by atoms with Gasteiger partial charge >= 0.3 is 6.61 Å². The number of ether oxygens (including phenoxy) is 2. The molecule has 124 valence electrons. The van der Waals surface area contributed by atoms with E-state index in [9.17, 15) is 13.6 Å².